The summed E-state index contributed by atoms with van der Waals surface area (Å²) in [5.41, 5.74) is 0.915. The number of aliphatic hydroxyl groups is 2. The normalized spacial score (nSPS) is 29.0. The Bertz CT molecular complexity index is 883. The molecule has 4 rings (SSSR count). The summed E-state index contributed by atoms with van der Waals surface area (Å²) in [4.78, 5) is 30.4. The number of fused-ring (bicyclic) bond motifs is 1. The molecule has 1 saturated heterocycles. The molecule has 2 aliphatic rings. The van der Waals surface area contributed by atoms with Crippen LogP contribution in [0.2, 0.25) is 0 Å². The molecule has 2 aromatic rings. The minimum atomic E-state index is -4.73. The molecule has 0 spiro atoms. The van der Waals surface area contributed by atoms with Crippen molar-refractivity contribution in [3.63, 3.8) is 0 Å². The number of aromatic nitrogens is 4. The fourth-order valence-electron chi connectivity index (χ4n) is 3.67. The number of imidazole rings is 1. The number of nitrogens with one attached hydrogen (secondary N) is 1. The number of anilines is 1. The molecule has 2 aromatic heterocycles. The Hall–Kier alpha value is -1.66. The van der Waals surface area contributed by atoms with E-state index in [9.17, 15) is 14.8 Å². The van der Waals surface area contributed by atoms with Crippen molar-refractivity contribution in [3.8, 4) is 0 Å². The van der Waals surface area contributed by atoms with Crippen LogP contribution in [-0.2, 0) is 13.8 Å². The highest BCUT2D eigenvalue weighted by Crippen LogP contribution is 2.39. The Labute approximate surface area is 159 Å². The maximum absolute atomic E-state index is 10.9. The number of phosphoric ester groups is 1. The molecule has 1 aliphatic carbocycles. The van der Waals surface area contributed by atoms with Crippen molar-refractivity contribution in [1.29, 1.82) is 0 Å². The quantitative estimate of drug-likeness (QED) is 0.399. The molecule has 0 radical (unpaired) electrons. The summed E-state index contributed by atoms with van der Waals surface area (Å²) in [6, 6.07) is 0.326. The molecule has 1 aliphatic heterocycles. The average Bonchev–Trinajstić information content (AvgIpc) is 3.35. The first-order valence-corrected chi connectivity index (χ1v) is 10.5. The number of ether oxygens (including phenoxy) is 1. The van der Waals surface area contributed by atoms with Gasteiger partial charge in [0.05, 0.1) is 12.9 Å². The highest BCUT2D eigenvalue weighted by atomic mass is 31.2. The number of nitrogens with zero attached hydrogens (tertiary/aromatic N) is 4. The molecule has 0 amide bonds. The van der Waals surface area contributed by atoms with Gasteiger partial charge in [0.2, 0.25) is 0 Å². The number of phosphoric acid groups is 1. The van der Waals surface area contributed by atoms with Gasteiger partial charge in [-0.15, -0.1) is 0 Å². The second-order valence-electron chi connectivity index (χ2n) is 7.00. The third kappa shape index (κ3) is 3.90. The third-order valence-electron chi connectivity index (χ3n) is 5.07. The fraction of sp³-hybridized carbons (Fsp3) is 0.667. The van der Waals surface area contributed by atoms with E-state index in [1.165, 1.54) is 30.1 Å². The van der Waals surface area contributed by atoms with Crippen molar-refractivity contribution in [2.75, 3.05) is 11.9 Å². The number of aliphatic hydroxyl groups excluding tert-OH is 2. The zero-order chi connectivity index (χ0) is 19.9. The standard InChI is InChI=1S/C15H22N5O7P/c21-11-9(5-26-28(23,24)25)27-15(12(11)22)20-7-18-10-13(16-6-17-14(10)20)19-8-3-1-2-4-8/h6-9,11-12,15,21-22H,1-5H2,(H,16,17,19)(H2,23,24,25)/t9-,11+,12?,15-/m1/s1. The molecular formula is C15H22N5O7P. The monoisotopic (exact) mass is 415 g/mol. The Balaban J connectivity index is 1.56. The van der Waals surface area contributed by atoms with Crippen LogP contribution in [0.1, 0.15) is 31.9 Å². The Morgan fingerprint density at radius 3 is 2.68 bits per heavy atom. The maximum Gasteiger partial charge on any atom is 0.469 e. The van der Waals surface area contributed by atoms with Crippen LogP contribution in [0.25, 0.3) is 11.2 Å². The molecule has 1 unspecified atom stereocenters. The van der Waals surface area contributed by atoms with E-state index in [1.807, 2.05) is 0 Å². The van der Waals surface area contributed by atoms with E-state index < -0.39 is 39.0 Å². The zero-order valence-electron chi connectivity index (χ0n) is 14.8. The topological polar surface area (TPSA) is 172 Å². The van der Waals surface area contributed by atoms with Crippen molar-refractivity contribution in [3.05, 3.63) is 12.7 Å². The lowest BCUT2D eigenvalue weighted by molar-refractivity contribution is -0.0504. The van der Waals surface area contributed by atoms with Crippen LogP contribution < -0.4 is 5.32 Å². The van der Waals surface area contributed by atoms with Gasteiger partial charge in [0.25, 0.3) is 0 Å². The van der Waals surface area contributed by atoms with Crippen LogP contribution in [0, 0.1) is 0 Å². The smallest absolute Gasteiger partial charge is 0.387 e. The van der Waals surface area contributed by atoms with Crippen LogP contribution in [-0.4, -0.2) is 70.5 Å². The number of hydrogen-bond acceptors (Lipinski definition) is 9. The van der Waals surface area contributed by atoms with Gasteiger partial charge < -0.3 is 30.1 Å². The largest absolute Gasteiger partial charge is 0.469 e. The van der Waals surface area contributed by atoms with Gasteiger partial charge in [0.15, 0.2) is 23.2 Å². The van der Waals surface area contributed by atoms with Crippen molar-refractivity contribution < 1.29 is 33.8 Å². The molecule has 154 valence electrons. The molecule has 5 N–H and O–H groups in total. The Morgan fingerprint density at radius 2 is 1.96 bits per heavy atom. The van der Waals surface area contributed by atoms with Gasteiger partial charge in [-0.25, -0.2) is 19.5 Å². The third-order valence-corrected chi connectivity index (χ3v) is 5.56. The number of rotatable bonds is 6. The number of hydrogen-bond donors (Lipinski definition) is 5. The van der Waals surface area contributed by atoms with E-state index in [-0.39, 0.29) is 0 Å². The summed E-state index contributed by atoms with van der Waals surface area (Å²) in [5.74, 6) is 0.588. The van der Waals surface area contributed by atoms with Crippen LogP contribution in [0.5, 0.6) is 0 Å². The molecular weight excluding hydrogens is 393 g/mol. The molecule has 12 nitrogen and oxygen atoms in total. The summed E-state index contributed by atoms with van der Waals surface area (Å²) in [6.07, 6.45) is 2.33. The van der Waals surface area contributed by atoms with Crippen LogP contribution in [0.3, 0.4) is 0 Å². The predicted molar refractivity (Wildman–Crippen MR) is 95.1 cm³/mol. The van der Waals surface area contributed by atoms with E-state index in [0.717, 1.165) is 12.8 Å². The minimum absolute atomic E-state index is 0.326. The summed E-state index contributed by atoms with van der Waals surface area (Å²) in [5, 5.41) is 23.9. The summed E-state index contributed by atoms with van der Waals surface area (Å²) in [7, 11) is -4.73. The molecule has 2 fully saturated rings. The van der Waals surface area contributed by atoms with Gasteiger partial charge in [-0.05, 0) is 12.8 Å². The van der Waals surface area contributed by atoms with E-state index in [0.29, 0.717) is 23.0 Å². The van der Waals surface area contributed by atoms with Crippen LogP contribution in [0.4, 0.5) is 5.82 Å². The molecule has 0 aromatic carbocycles. The molecule has 3 heterocycles. The zero-order valence-corrected chi connectivity index (χ0v) is 15.7. The first-order chi connectivity index (χ1) is 13.3. The molecule has 0 bridgehead atoms. The van der Waals surface area contributed by atoms with Crippen molar-refractivity contribution >= 4 is 24.8 Å². The predicted octanol–water partition coefficient (Wildman–Crippen LogP) is -0.0907. The second-order valence-corrected chi connectivity index (χ2v) is 8.24. The average molecular weight is 415 g/mol. The highest BCUT2D eigenvalue weighted by Gasteiger charge is 2.45. The van der Waals surface area contributed by atoms with Crippen molar-refractivity contribution in [2.45, 2.75) is 56.3 Å². The first-order valence-electron chi connectivity index (χ1n) is 8.99. The highest BCUT2D eigenvalue weighted by molar-refractivity contribution is 7.46. The van der Waals surface area contributed by atoms with Gasteiger partial charge in [0.1, 0.15) is 24.6 Å². The van der Waals surface area contributed by atoms with Gasteiger partial charge in [-0.2, -0.15) is 0 Å². The summed E-state index contributed by atoms with van der Waals surface area (Å²) in [6.45, 7) is -0.574. The molecule has 1 saturated carbocycles. The molecule has 13 heteroatoms. The molecule has 28 heavy (non-hydrogen) atoms. The van der Waals surface area contributed by atoms with E-state index in [4.69, 9.17) is 14.5 Å². The Morgan fingerprint density at radius 1 is 1.21 bits per heavy atom. The van der Waals surface area contributed by atoms with Gasteiger partial charge >= 0.3 is 7.82 Å². The van der Waals surface area contributed by atoms with Crippen LogP contribution >= 0.6 is 7.82 Å². The SMILES string of the molecule is O=P(O)(O)OC[C@H]1O[C@@H](n2cnc3c(NC4CCCC4)ncnc32)C(O)[C@H]1O. The summed E-state index contributed by atoms with van der Waals surface area (Å²) >= 11 is 0. The Kier molecular flexibility index (Phi) is 5.36. The second kappa shape index (κ2) is 7.64. The van der Waals surface area contributed by atoms with E-state index in [2.05, 4.69) is 24.8 Å². The van der Waals surface area contributed by atoms with Crippen LogP contribution in [0.15, 0.2) is 12.7 Å². The van der Waals surface area contributed by atoms with Gasteiger partial charge in [-0.3, -0.25) is 9.09 Å². The van der Waals surface area contributed by atoms with E-state index >= 15 is 0 Å². The lowest BCUT2D eigenvalue weighted by atomic mass is 10.1. The van der Waals surface area contributed by atoms with Crippen molar-refractivity contribution in [2.24, 2.45) is 0 Å². The lowest BCUT2D eigenvalue weighted by Crippen LogP contribution is -2.33. The maximum atomic E-state index is 10.9. The minimum Gasteiger partial charge on any atom is -0.387 e. The van der Waals surface area contributed by atoms with Crippen molar-refractivity contribution in [1.82, 2.24) is 19.5 Å². The summed E-state index contributed by atoms with van der Waals surface area (Å²) < 4.78 is 22.3. The fourth-order valence-corrected chi connectivity index (χ4v) is 4.02. The van der Waals surface area contributed by atoms with E-state index in [1.54, 1.807) is 0 Å². The molecule has 4 atom stereocenters. The first kappa shape index (κ1) is 19.6. The van der Waals surface area contributed by atoms with Gasteiger partial charge in [-0.1, -0.05) is 12.8 Å². The lowest BCUT2D eigenvalue weighted by Gasteiger charge is -2.17. The van der Waals surface area contributed by atoms with Gasteiger partial charge in [0, 0.05) is 6.04 Å².